The summed E-state index contributed by atoms with van der Waals surface area (Å²) in [6, 6.07) is 23.5. The maximum Gasteiger partial charge on any atom is 0.265 e. The standard InChI is InChI=1S/C25H19FN3O2.BrH/c26-20-12-10-18(11-13-20)23(30)15-28-16-27-29(17-28)14-22-21-8-4-5-9-24(21)31-25(22)19-6-2-1-3-7-19;/h1-13,16-17H,14-15H2;1H/q+1;/p-1. The number of carbonyl (C=O) groups excluding carboxylic acids is 1. The Hall–Kier alpha value is -3.58. The molecule has 0 fully saturated rings. The molecule has 5 nitrogen and oxygen atoms in total. The third-order valence-corrected chi connectivity index (χ3v) is 5.18. The van der Waals surface area contributed by atoms with E-state index in [0.29, 0.717) is 12.1 Å². The highest BCUT2D eigenvalue weighted by Gasteiger charge is 2.19. The minimum Gasteiger partial charge on any atom is -1.00 e. The van der Waals surface area contributed by atoms with Crippen LogP contribution in [0.1, 0.15) is 15.9 Å². The first-order valence-corrected chi connectivity index (χ1v) is 9.93. The zero-order valence-electron chi connectivity index (χ0n) is 17.0. The smallest absolute Gasteiger partial charge is 0.265 e. The summed E-state index contributed by atoms with van der Waals surface area (Å²) in [5, 5.41) is 5.45. The highest BCUT2D eigenvalue weighted by molar-refractivity contribution is 5.95. The molecule has 0 unspecified atom stereocenters. The maximum atomic E-state index is 13.1. The van der Waals surface area contributed by atoms with Gasteiger partial charge in [0.25, 0.3) is 6.33 Å². The number of Topliss-reactive ketones (excluding diaryl/α,β-unsaturated/α-hetero) is 1. The molecule has 0 bridgehead atoms. The average molecular weight is 492 g/mol. The third kappa shape index (κ3) is 4.38. The van der Waals surface area contributed by atoms with Gasteiger partial charge in [0, 0.05) is 27.2 Å². The van der Waals surface area contributed by atoms with Gasteiger partial charge in [-0.25, -0.2) is 8.96 Å². The molecule has 5 rings (SSSR count). The van der Waals surface area contributed by atoms with Gasteiger partial charge >= 0.3 is 0 Å². The Labute approximate surface area is 194 Å². The molecule has 0 saturated carbocycles. The molecular weight excluding hydrogens is 473 g/mol. The van der Waals surface area contributed by atoms with Crippen molar-refractivity contribution in [2.45, 2.75) is 13.1 Å². The molecule has 32 heavy (non-hydrogen) atoms. The Morgan fingerprint density at radius 1 is 0.969 bits per heavy atom. The molecule has 0 spiro atoms. The van der Waals surface area contributed by atoms with Crippen LogP contribution in [0.4, 0.5) is 4.39 Å². The molecule has 2 heterocycles. The molecular formula is C25H19BrFN3O2. The number of para-hydroxylation sites is 1. The second-order valence-electron chi connectivity index (χ2n) is 7.32. The topological polar surface area (TPSA) is 51.9 Å². The van der Waals surface area contributed by atoms with Crippen LogP contribution in [0.3, 0.4) is 0 Å². The van der Waals surface area contributed by atoms with E-state index in [1.54, 1.807) is 21.9 Å². The molecule has 0 aliphatic heterocycles. The second kappa shape index (κ2) is 9.28. The summed E-state index contributed by atoms with van der Waals surface area (Å²) in [6.07, 6.45) is 3.41. The van der Waals surface area contributed by atoms with Crippen molar-refractivity contribution < 1.29 is 35.2 Å². The molecule has 0 amide bonds. The number of furan rings is 1. The number of benzene rings is 3. The largest absolute Gasteiger partial charge is 1.00 e. The van der Waals surface area contributed by atoms with Crippen LogP contribution in [0.25, 0.3) is 22.3 Å². The Bertz CT molecular complexity index is 1360. The molecule has 3 aromatic carbocycles. The van der Waals surface area contributed by atoms with Crippen LogP contribution < -0.4 is 21.5 Å². The predicted octanol–water partition coefficient (Wildman–Crippen LogP) is 1.66. The number of aromatic nitrogens is 3. The lowest BCUT2D eigenvalue weighted by molar-refractivity contribution is -0.683. The predicted molar refractivity (Wildman–Crippen MR) is 114 cm³/mol. The highest BCUT2D eigenvalue weighted by atomic mass is 79.9. The van der Waals surface area contributed by atoms with Gasteiger partial charge in [-0.05, 0) is 30.3 Å². The van der Waals surface area contributed by atoms with Crippen molar-refractivity contribution in [1.29, 1.82) is 0 Å². The van der Waals surface area contributed by atoms with Gasteiger partial charge < -0.3 is 21.4 Å². The zero-order valence-corrected chi connectivity index (χ0v) is 18.6. The van der Waals surface area contributed by atoms with E-state index in [2.05, 4.69) is 5.10 Å². The van der Waals surface area contributed by atoms with Gasteiger partial charge in [-0.15, -0.1) is 4.68 Å². The number of rotatable bonds is 6. The summed E-state index contributed by atoms with van der Waals surface area (Å²) in [4.78, 5) is 12.5. The Kier molecular flexibility index (Phi) is 6.28. The fraction of sp³-hybridized carbons (Fsp3) is 0.0800. The van der Waals surface area contributed by atoms with E-state index in [4.69, 9.17) is 4.42 Å². The molecule has 0 aliphatic carbocycles. The van der Waals surface area contributed by atoms with Crippen LogP contribution in [0.5, 0.6) is 0 Å². The number of carbonyl (C=O) groups is 1. The van der Waals surface area contributed by atoms with Crippen molar-refractivity contribution in [3.05, 3.63) is 108 Å². The van der Waals surface area contributed by atoms with Gasteiger partial charge in [0.1, 0.15) is 30.3 Å². The molecule has 0 radical (unpaired) electrons. The lowest BCUT2D eigenvalue weighted by Crippen LogP contribution is -3.00. The second-order valence-corrected chi connectivity index (χ2v) is 7.32. The average Bonchev–Trinajstić information content (AvgIpc) is 3.39. The highest BCUT2D eigenvalue weighted by Crippen LogP contribution is 2.33. The molecule has 5 aromatic rings. The number of fused-ring (bicyclic) bond motifs is 1. The summed E-state index contributed by atoms with van der Waals surface area (Å²) < 4.78 is 22.8. The molecule has 0 aliphatic rings. The van der Waals surface area contributed by atoms with Gasteiger partial charge in [0.2, 0.25) is 6.33 Å². The number of ketones is 1. The van der Waals surface area contributed by atoms with E-state index < -0.39 is 0 Å². The first-order valence-electron chi connectivity index (χ1n) is 9.93. The molecule has 7 heteroatoms. The molecule has 0 atom stereocenters. The quantitative estimate of drug-likeness (QED) is 0.268. The van der Waals surface area contributed by atoms with Crippen LogP contribution >= 0.6 is 0 Å². The molecule has 160 valence electrons. The van der Waals surface area contributed by atoms with E-state index in [1.807, 2.05) is 54.6 Å². The van der Waals surface area contributed by atoms with Crippen LogP contribution in [0, 0.1) is 5.82 Å². The van der Waals surface area contributed by atoms with E-state index in [1.165, 1.54) is 24.3 Å². The summed E-state index contributed by atoms with van der Waals surface area (Å²) in [6.45, 7) is 0.627. The van der Waals surface area contributed by atoms with E-state index >= 15 is 0 Å². The van der Waals surface area contributed by atoms with Crippen molar-refractivity contribution in [3.8, 4) is 11.3 Å². The summed E-state index contributed by atoms with van der Waals surface area (Å²) in [5.41, 5.74) is 3.32. The van der Waals surface area contributed by atoms with Crippen molar-refractivity contribution in [2.75, 3.05) is 0 Å². The van der Waals surface area contributed by atoms with E-state index in [9.17, 15) is 9.18 Å². The van der Waals surface area contributed by atoms with Crippen LogP contribution in [0.15, 0.2) is 95.9 Å². The maximum absolute atomic E-state index is 13.1. The zero-order chi connectivity index (χ0) is 21.2. The summed E-state index contributed by atoms with van der Waals surface area (Å²) in [7, 11) is 0. The Morgan fingerprint density at radius 3 is 2.47 bits per heavy atom. The lowest BCUT2D eigenvalue weighted by Gasteiger charge is -2.01. The summed E-state index contributed by atoms with van der Waals surface area (Å²) >= 11 is 0. The molecule has 0 saturated heterocycles. The van der Waals surface area contributed by atoms with Crippen LogP contribution in [-0.4, -0.2) is 15.6 Å². The monoisotopic (exact) mass is 491 g/mol. The number of nitrogens with zero attached hydrogens (tertiary/aromatic N) is 3. The Balaban J connectivity index is 0.00000245. The van der Waals surface area contributed by atoms with Gasteiger partial charge in [-0.2, -0.15) is 0 Å². The SMILES string of the molecule is O=C(C[n+]1cnn(Cc2c(-c3ccccc3)oc3ccccc23)c1)c1ccc(F)cc1.[Br-]. The summed E-state index contributed by atoms with van der Waals surface area (Å²) in [5.74, 6) is 0.341. The van der Waals surface area contributed by atoms with Gasteiger partial charge in [-0.1, -0.05) is 48.5 Å². The van der Waals surface area contributed by atoms with Gasteiger partial charge in [-0.3, -0.25) is 4.79 Å². The number of hydrogen-bond donors (Lipinski definition) is 0. The normalized spacial score (nSPS) is 10.8. The van der Waals surface area contributed by atoms with Gasteiger partial charge in [0.05, 0.1) is 0 Å². The van der Waals surface area contributed by atoms with Crippen LogP contribution in [0.2, 0.25) is 0 Å². The number of hydrogen-bond acceptors (Lipinski definition) is 3. The van der Waals surface area contributed by atoms with Crippen molar-refractivity contribution >= 4 is 16.8 Å². The van der Waals surface area contributed by atoms with Crippen molar-refractivity contribution in [1.82, 2.24) is 9.78 Å². The molecule has 2 aromatic heterocycles. The minimum absolute atomic E-state index is 0. The van der Waals surface area contributed by atoms with Crippen molar-refractivity contribution in [2.24, 2.45) is 0 Å². The lowest BCUT2D eigenvalue weighted by atomic mass is 10.1. The molecule has 0 N–H and O–H groups in total. The Morgan fingerprint density at radius 2 is 1.69 bits per heavy atom. The number of halogens is 2. The fourth-order valence-electron chi connectivity index (χ4n) is 3.66. The fourth-order valence-corrected chi connectivity index (χ4v) is 3.66. The van der Waals surface area contributed by atoms with Crippen LogP contribution in [-0.2, 0) is 13.1 Å². The third-order valence-electron chi connectivity index (χ3n) is 5.18. The van der Waals surface area contributed by atoms with E-state index in [0.717, 1.165) is 27.9 Å². The minimum atomic E-state index is -0.362. The first kappa shape index (κ1) is 21.6. The van der Waals surface area contributed by atoms with Gasteiger partial charge in [0.15, 0.2) is 5.78 Å². The van der Waals surface area contributed by atoms with E-state index in [-0.39, 0.29) is 35.1 Å². The van der Waals surface area contributed by atoms with Crippen molar-refractivity contribution in [3.63, 3.8) is 0 Å². The first-order chi connectivity index (χ1) is 15.2.